The molecule has 2 rings (SSSR count). The molecule has 2 N–H and O–H groups in total. The van der Waals surface area contributed by atoms with Gasteiger partial charge in [0, 0.05) is 37.1 Å². The summed E-state index contributed by atoms with van der Waals surface area (Å²) in [7, 11) is 1.64. The third-order valence-electron chi connectivity index (χ3n) is 2.83. The van der Waals surface area contributed by atoms with Gasteiger partial charge in [-0.3, -0.25) is 0 Å². The zero-order valence-corrected chi connectivity index (χ0v) is 11.5. The number of hydrogen-bond donors (Lipinski definition) is 1. The van der Waals surface area contributed by atoms with Crippen LogP contribution in [-0.4, -0.2) is 31.2 Å². The van der Waals surface area contributed by atoms with Crippen LogP contribution < -0.4 is 15.4 Å². The van der Waals surface area contributed by atoms with Crippen molar-refractivity contribution in [1.82, 2.24) is 4.98 Å². The quantitative estimate of drug-likeness (QED) is 0.898. The van der Waals surface area contributed by atoms with Crippen LogP contribution in [0.25, 0.3) is 0 Å². The molecule has 0 unspecified atom stereocenters. The maximum atomic E-state index is 5.87. The number of nitrogens with two attached hydrogens (primary N) is 1. The summed E-state index contributed by atoms with van der Waals surface area (Å²) in [4.78, 5) is 6.42. The molecule has 0 atom stereocenters. The van der Waals surface area contributed by atoms with E-state index in [2.05, 4.69) is 9.88 Å². The van der Waals surface area contributed by atoms with E-state index in [1.807, 2.05) is 12.1 Å². The Morgan fingerprint density at radius 3 is 2.59 bits per heavy atom. The molecule has 0 aliphatic carbocycles. The molecule has 1 aromatic rings. The Balaban J connectivity index is 0.00000128. The molecule has 0 amide bonds. The fourth-order valence-corrected chi connectivity index (χ4v) is 1.86. The second kappa shape index (κ2) is 7.58. The highest BCUT2D eigenvalue weighted by Gasteiger charge is 2.16. The predicted molar refractivity (Wildman–Crippen MR) is 74.7 cm³/mol. The number of pyridine rings is 1. The highest BCUT2D eigenvalue weighted by Crippen LogP contribution is 2.21. The average molecular weight is 280 g/mol. The zero-order chi connectivity index (χ0) is 10.7. The average Bonchev–Trinajstić information content (AvgIpc) is 2.30. The highest BCUT2D eigenvalue weighted by molar-refractivity contribution is 5.85. The Morgan fingerprint density at radius 2 is 2.00 bits per heavy atom. The standard InChI is InChI=1S/C11H17N3O.2ClH/c1-15-11-8-10(2-5-13-11)14-6-3-9(12)4-7-14;;/h2,5,8-9H,3-4,6-7,12H2,1H3;2*1H. The third-order valence-corrected chi connectivity index (χ3v) is 2.83. The van der Waals surface area contributed by atoms with Gasteiger partial charge in [-0.15, -0.1) is 24.8 Å². The van der Waals surface area contributed by atoms with Crippen LogP contribution in [0, 0.1) is 0 Å². The molecule has 2 heterocycles. The number of halogens is 2. The van der Waals surface area contributed by atoms with Crippen LogP contribution in [-0.2, 0) is 0 Å². The monoisotopic (exact) mass is 279 g/mol. The molecular formula is C11H19Cl2N3O. The van der Waals surface area contributed by atoms with Gasteiger partial charge in [-0.05, 0) is 18.9 Å². The summed E-state index contributed by atoms with van der Waals surface area (Å²) in [5.74, 6) is 0.669. The maximum absolute atomic E-state index is 5.87. The number of ether oxygens (including phenoxy) is 1. The van der Waals surface area contributed by atoms with E-state index in [-0.39, 0.29) is 24.8 Å². The minimum Gasteiger partial charge on any atom is -0.481 e. The number of anilines is 1. The van der Waals surface area contributed by atoms with Crippen LogP contribution in [0.3, 0.4) is 0 Å². The van der Waals surface area contributed by atoms with Crippen molar-refractivity contribution in [1.29, 1.82) is 0 Å². The molecule has 1 fully saturated rings. The predicted octanol–water partition coefficient (Wildman–Crippen LogP) is 1.86. The van der Waals surface area contributed by atoms with Gasteiger partial charge in [0.25, 0.3) is 0 Å². The first-order valence-corrected chi connectivity index (χ1v) is 5.30. The largest absolute Gasteiger partial charge is 0.481 e. The Labute approximate surface area is 114 Å². The molecule has 6 heteroatoms. The van der Waals surface area contributed by atoms with Crippen LogP contribution >= 0.6 is 24.8 Å². The Hall–Kier alpha value is -0.710. The Bertz CT molecular complexity index is 330. The van der Waals surface area contributed by atoms with Crippen molar-refractivity contribution in [2.75, 3.05) is 25.1 Å². The van der Waals surface area contributed by atoms with Crippen molar-refractivity contribution >= 4 is 30.5 Å². The van der Waals surface area contributed by atoms with E-state index in [0.717, 1.165) is 25.9 Å². The topological polar surface area (TPSA) is 51.4 Å². The maximum Gasteiger partial charge on any atom is 0.214 e. The van der Waals surface area contributed by atoms with E-state index >= 15 is 0 Å². The van der Waals surface area contributed by atoms with Crippen molar-refractivity contribution in [3.8, 4) is 5.88 Å². The van der Waals surface area contributed by atoms with Gasteiger partial charge in [0.05, 0.1) is 7.11 Å². The van der Waals surface area contributed by atoms with Crippen LogP contribution in [0.1, 0.15) is 12.8 Å². The van der Waals surface area contributed by atoms with Crippen molar-refractivity contribution in [3.05, 3.63) is 18.3 Å². The van der Waals surface area contributed by atoms with Gasteiger partial charge in [-0.25, -0.2) is 4.98 Å². The van der Waals surface area contributed by atoms with Gasteiger partial charge in [-0.1, -0.05) is 0 Å². The van der Waals surface area contributed by atoms with Crippen molar-refractivity contribution < 1.29 is 4.74 Å². The summed E-state index contributed by atoms with van der Waals surface area (Å²) in [5.41, 5.74) is 7.04. The van der Waals surface area contributed by atoms with Gasteiger partial charge in [-0.2, -0.15) is 0 Å². The fraction of sp³-hybridized carbons (Fsp3) is 0.545. The van der Waals surface area contributed by atoms with E-state index in [4.69, 9.17) is 10.5 Å². The zero-order valence-electron chi connectivity index (χ0n) is 9.83. The second-order valence-corrected chi connectivity index (χ2v) is 3.88. The van der Waals surface area contributed by atoms with Gasteiger partial charge in [0.1, 0.15) is 0 Å². The lowest BCUT2D eigenvalue weighted by Gasteiger charge is -2.31. The highest BCUT2D eigenvalue weighted by atomic mass is 35.5. The molecule has 0 bridgehead atoms. The van der Waals surface area contributed by atoms with E-state index < -0.39 is 0 Å². The summed E-state index contributed by atoms with van der Waals surface area (Å²) < 4.78 is 5.10. The third kappa shape index (κ3) is 4.22. The SMILES string of the molecule is COc1cc(N2CCC(N)CC2)ccn1.Cl.Cl. The number of piperidine rings is 1. The number of nitrogens with zero attached hydrogens (tertiary/aromatic N) is 2. The van der Waals surface area contributed by atoms with Crippen LogP contribution in [0.4, 0.5) is 5.69 Å². The molecule has 1 aromatic heterocycles. The van der Waals surface area contributed by atoms with Gasteiger partial charge in [0.15, 0.2) is 0 Å². The van der Waals surface area contributed by atoms with Crippen molar-refractivity contribution in [2.45, 2.75) is 18.9 Å². The molecule has 4 nitrogen and oxygen atoms in total. The number of aromatic nitrogens is 1. The smallest absolute Gasteiger partial charge is 0.214 e. The molecule has 0 saturated carbocycles. The number of hydrogen-bond acceptors (Lipinski definition) is 4. The first-order valence-electron chi connectivity index (χ1n) is 5.30. The lowest BCUT2D eigenvalue weighted by atomic mass is 10.1. The molecule has 0 radical (unpaired) electrons. The molecule has 1 aliphatic heterocycles. The number of methoxy groups -OCH3 is 1. The summed E-state index contributed by atoms with van der Waals surface area (Å²) in [6, 6.07) is 4.35. The van der Waals surface area contributed by atoms with E-state index in [1.165, 1.54) is 5.69 Å². The molecule has 0 spiro atoms. The van der Waals surface area contributed by atoms with Crippen LogP contribution in [0.5, 0.6) is 5.88 Å². The summed E-state index contributed by atoms with van der Waals surface area (Å²) in [6.45, 7) is 2.04. The molecule has 0 aromatic carbocycles. The van der Waals surface area contributed by atoms with Gasteiger partial charge >= 0.3 is 0 Å². The first-order chi connectivity index (χ1) is 7.29. The van der Waals surface area contributed by atoms with Crippen LogP contribution in [0.2, 0.25) is 0 Å². The minimum atomic E-state index is 0. The molecular weight excluding hydrogens is 261 g/mol. The molecule has 17 heavy (non-hydrogen) atoms. The van der Waals surface area contributed by atoms with Crippen LogP contribution in [0.15, 0.2) is 18.3 Å². The fourth-order valence-electron chi connectivity index (χ4n) is 1.86. The van der Waals surface area contributed by atoms with Gasteiger partial charge < -0.3 is 15.4 Å². The van der Waals surface area contributed by atoms with E-state index in [9.17, 15) is 0 Å². The summed E-state index contributed by atoms with van der Waals surface area (Å²) in [6.07, 6.45) is 3.90. The second-order valence-electron chi connectivity index (χ2n) is 3.88. The van der Waals surface area contributed by atoms with Gasteiger partial charge in [0.2, 0.25) is 5.88 Å². The van der Waals surface area contributed by atoms with Crippen molar-refractivity contribution in [3.63, 3.8) is 0 Å². The number of rotatable bonds is 2. The molecule has 98 valence electrons. The lowest BCUT2D eigenvalue weighted by molar-refractivity contribution is 0.397. The van der Waals surface area contributed by atoms with Crippen molar-refractivity contribution in [2.24, 2.45) is 5.73 Å². The van der Waals surface area contributed by atoms with E-state index in [0.29, 0.717) is 11.9 Å². The molecule has 1 saturated heterocycles. The molecule has 1 aliphatic rings. The first kappa shape index (κ1) is 16.3. The normalized spacial score (nSPS) is 15.8. The lowest BCUT2D eigenvalue weighted by Crippen LogP contribution is -2.39. The Morgan fingerprint density at radius 1 is 1.35 bits per heavy atom. The minimum absolute atomic E-state index is 0. The summed E-state index contributed by atoms with van der Waals surface area (Å²) in [5, 5.41) is 0. The summed E-state index contributed by atoms with van der Waals surface area (Å²) >= 11 is 0. The Kier molecular flexibility index (Phi) is 7.27. The van der Waals surface area contributed by atoms with E-state index in [1.54, 1.807) is 13.3 Å².